The molecule has 2 aromatic heterocycles. The first-order valence-corrected chi connectivity index (χ1v) is 6.56. The highest BCUT2D eigenvalue weighted by atomic mass is 16.5. The maximum Gasteiger partial charge on any atom is 0.358 e. The molecule has 1 aliphatic heterocycles. The van der Waals surface area contributed by atoms with Crippen LogP contribution in [-0.4, -0.2) is 40.3 Å². The molecule has 0 atom stereocenters. The summed E-state index contributed by atoms with van der Waals surface area (Å²) in [6.07, 6.45) is 3.89. The van der Waals surface area contributed by atoms with Gasteiger partial charge in [-0.1, -0.05) is 0 Å². The molecule has 0 aromatic carbocycles. The number of anilines is 1. The van der Waals surface area contributed by atoms with Gasteiger partial charge in [0, 0.05) is 13.1 Å². The molecule has 1 aliphatic rings. The van der Waals surface area contributed by atoms with E-state index in [1.54, 1.807) is 11.4 Å². The number of hydrogen-bond donors (Lipinski definition) is 0. The molecule has 6 heteroatoms. The van der Waals surface area contributed by atoms with Crippen LogP contribution in [0.25, 0.3) is 5.65 Å². The number of nitrogens with zero attached hydrogens (tertiary/aromatic N) is 4. The van der Waals surface area contributed by atoms with E-state index in [2.05, 4.69) is 15.0 Å². The second-order valence-corrected chi connectivity index (χ2v) is 4.52. The predicted molar refractivity (Wildman–Crippen MR) is 70.4 cm³/mol. The molecule has 19 heavy (non-hydrogen) atoms. The van der Waals surface area contributed by atoms with Crippen LogP contribution >= 0.6 is 0 Å². The highest BCUT2D eigenvalue weighted by Gasteiger charge is 2.18. The van der Waals surface area contributed by atoms with E-state index in [0.717, 1.165) is 18.9 Å². The lowest BCUT2D eigenvalue weighted by Gasteiger charge is -2.15. The van der Waals surface area contributed by atoms with Crippen LogP contribution in [0.1, 0.15) is 30.3 Å². The average Bonchev–Trinajstić information content (AvgIpc) is 3.07. The normalized spacial score (nSPS) is 15.1. The Kier molecular flexibility index (Phi) is 3.06. The fourth-order valence-corrected chi connectivity index (χ4v) is 2.32. The summed E-state index contributed by atoms with van der Waals surface area (Å²) in [7, 11) is 0. The summed E-state index contributed by atoms with van der Waals surface area (Å²) < 4.78 is 6.57. The maximum atomic E-state index is 11.8. The van der Waals surface area contributed by atoms with Crippen LogP contribution in [0.2, 0.25) is 0 Å². The third kappa shape index (κ3) is 2.14. The van der Waals surface area contributed by atoms with Gasteiger partial charge in [0.2, 0.25) is 0 Å². The minimum Gasteiger partial charge on any atom is -0.461 e. The topological polar surface area (TPSA) is 59.7 Å². The van der Waals surface area contributed by atoms with Gasteiger partial charge in [0.05, 0.1) is 12.8 Å². The summed E-state index contributed by atoms with van der Waals surface area (Å²) in [5, 5.41) is 4.50. The monoisotopic (exact) mass is 260 g/mol. The van der Waals surface area contributed by atoms with Gasteiger partial charge in [-0.05, 0) is 31.9 Å². The number of carbonyl (C=O) groups is 1. The Labute approximate surface area is 111 Å². The van der Waals surface area contributed by atoms with E-state index in [0.29, 0.717) is 17.9 Å². The van der Waals surface area contributed by atoms with Crippen molar-refractivity contribution in [2.75, 3.05) is 24.6 Å². The molecule has 3 rings (SSSR count). The summed E-state index contributed by atoms with van der Waals surface area (Å²) >= 11 is 0. The Morgan fingerprint density at radius 1 is 1.37 bits per heavy atom. The Morgan fingerprint density at radius 2 is 2.16 bits per heavy atom. The van der Waals surface area contributed by atoms with Gasteiger partial charge in [-0.15, -0.1) is 5.10 Å². The highest BCUT2D eigenvalue weighted by Crippen LogP contribution is 2.18. The van der Waals surface area contributed by atoms with Crippen LogP contribution in [0.5, 0.6) is 0 Å². The lowest BCUT2D eigenvalue weighted by molar-refractivity contribution is 0.0517. The van der Waals surface area contributed by atoms with Gasteiger partial charge in [0.1, 0.15) is 5.82 Å². The summed E-state index contributed by atoms with van der Waals surface area (Å²) in [5.74, 6) is 0.495. The zero-order valence-corrected chi connectivity index (χ0v) is 10.9. The summed E-state index contributed by atoms with van der Waals surface area (Å²) in [6, 6.07) is 3.83. The first-order chi connectivity index (χ1) is 9.29. The second kappa shape index (κ2) is 4.87. The highest BCUT2D eigenvalue weighted by molar-refractivity contribution is 5.88. The third-order valence-corrected chi connectivity index (χ3v) is 3.26. The van der Waals surface area contributed by atoms with Gasteiger partial charge >= 0.3 is 5.97 Å². The van der Waals surface area contributed by atoms with Gasteiger partial charge in [0.25, 0.3) is 0 Å². The predicted octanol–water partition coefficient (Wildman–Crippen LogP) is 1.51. The molecule has 0 amide bonds. The molecule has 1 saturated heterocycles. The molecule has 0 aliphatic carbocycles. The summed E-state index contributed by atoms with van der Waals surface area (Å²) in [4.78, 5) is 18.2. The van der Waals surface area contributed by atoms with E-state index in [9.17, 15) is 4.79 Å². The quantitative estimate of drug-likeness (QED) is 0.783. The van der Waals surface area contributed by atoms with Gasteiger partial charge in [-0.25, -0.2) is 14.3 Å². The number of carbonyl (C=O) groups excluding carboxylic acids is 1. The van der Waals surface area contributed by atoms with Crippen molar-refractivity contribution in [3.8, 4) is 0 Å². The zero-order valence-electron chi connectivity index (χ0n) is 10.9. The van der Waals surface area contributed by atoms with Crippen LogP contribution in [0.4, 0.5) is 5.82 Å². The summed E-state index contributed by atoms with van der Waals surface area (Å²) in [6.45, 7) is 4.16. The minimum absolute atomic E-state index is 0.345. The maximum absolute atomic E-state index is 11.8. The van der Waals surface area contributed by atoms with E-state index in [1.165, 1.54) is 19.0 Å². The van der Waals surface area contributed by atoms with Gasteiger partial charge in [0.15, 0.2) is 11.3 Å². The van der Waals surface area contributed by atoms with Crippen LogP contribution in [0.3, 0.4) is 0 Å². The molecule has 0 N–H and O–H groups in total. The zero-order chi connectivity index (χ0) is 13.2. The number of ether oxygens (including phenoxy) is 1. The molecule has 0 bridgehead atoms. The van der Waals surface area contributed by atoms with Crippen molar-refractivity contribution in [1.82, 2.24) is 14.6 Å². The van der Waals surface area contributed by atoms with Crippen molar-refractivity contribution < 1.29 is 9.53 Å². The third-order valence-electron chi connectivity index (χ3n) is 3.26. The largest absolute Gasteiger partial charge is 0.461 e. The van der Waals surface area contributed by atoms with Crippen LogP contribution in [0.15, 0.2) is 18.3 Å². The Balaban J connectivity index is 2.00. The molecule has 1 fully saturated rings. The van der Waals surface area contributed by atoms with E-state index < -0.39 is 0 Å². The molecule has 0 spiro atoms. The molecular formula is C13H16N4O2. The van der Waals surface area contributed by atoms with Crippen molar-refractivity contribution in [3.05, 3.63) is 24.0 Å². The van der Waals surface area contributed by atoms with Crippen molar-refractivity contribution in [3.63, 3.8) is 0 Å². The van der Waals surface area contributed by atoms with Gasteiger partial charge < -0.3 is 9.64 Å². The number of esters is 1. The van der Waals surface area contributed by atoms with Crippen LogP contribution in [0, 0.1) is 0 Å². The Bertz CT molecular complexity index is 602. The molecular weight excluding hydrogens is 244 g/mol. The second-order valence-electron chi connectivity index (χ2n) is 4.52. The SMILES string of the molecule is CCOC(=O)c1cnc2ccc(N3CCCC3)nn12. The minimum atomic E-state index is -0.388. The number of fused-ring (bicyclic) bond motifs is 1. The van der Waals surface area contributed by atoms with Crippen LogP contribution in [-0.2, 0) is 4.74 Å². The number of aromatic nitrogens is 3. The smallest absolute Gasteiger partial charge is 0.358 e. The van der Waals surface area contributed by atoms with Crippen molar-refractivity contribution in [2.45, 2.75) is 19.8 Å². The van der Waals surface area contributed by atoms with Crippen molar-refractivity contribution >= 4 is 17.4 Å². The average molecular weight is 260 g/mol. The molecule has 100 valence electrons. The fraction of sp³-hybridized carbons (Fsp3) is 0.462. The first kappa shape index (κ1) is 12.0. The van der Waals surface area contributed by atoms with E-state index in [4.69, 9.17) is 4.74 Å². The van der Waals surface area contributed by atoms with Gasteiger partial charge in [-0.2, -0.15) is 0 Å². The van der Waals surface area contributed by atoms with Gasteiger partial charge in [-0.3, -0.25) is 0 Å². The first-order valence-electron chi connectivity index (χ1n) is 6.56. The Morgan fingerprint density at radius 3 is 2.89 bits per heavy atom. The number of rotatable bonds is 3. The molecule has 6 nitrogen and oxygen atoms in total. The Hall–Kier alpha value is -2.11. The van der Waals surface area contributed by atoms with E-state index in [-0.39, 0.29) is 5.97 Å². The van der Waals surface area contributed by atoms with Crippen molar-refractivity contribution in [2.24, 2.45) is 0 Å². The molecule has 0 radical (unpaired) electrons. The van der Waals surface area contributed by atoms with E-state index in [1.807, 2.05) is 12.1 Å². The molecule has 2 aromatic rings. The molecule has 0 saturated carbocycles. The van der Waals surface area contributed by atoms with E-state index >= 15 is 0 Å². The fourth-order valence-electron chi connectivity index (χ4n) is 2.32. The van der Waals surface area contributed by atoms with Crippen LogP contribution < -0.4 is 4.90 Å². The standard InChI is InChI=1S/C13H16N4O2/c1-2-19-13(18)10-9-14-11-5-6-12(15-17(10)11)16-7-3-4-8-16/h5-6,9H,2-4,7-8H2,1H3. The molecule has 0 unspecified atom stereocenters. The lowest BCUT2D eigenvalue weighted by Crippen LogP contribution is -2.20. The summed E-state index contributed by atoms with van der Waals surface area (Å²) in [5.41, 5.74) is 1.03. The number of imidazole rings is 1. The lowest BCUT2D eigenvalue weighted by atomic mass is 10.4. The van der Waals surface area contributed by atoms with Crippen molar-refractivity contribution in [1.29, 1.82) is 0 Å². The molecule has 3 heterocycles. The number of hydrogen-bond acceptors (Lipinski definition) is 5.